The Bertz CT molecular complexity index is 1150. The number of rotatable bonds is 4. The molecular formula is C41H74FN4O4P. The molecule has 0 fully saturated rings. The fourth-order valence-corrected chi connectivity index (χ4v) is 3.97. The molecule has 4 N–H and O–H groups in total. The molecule has 3 rings (SSSR count). The van der Waals surface area contributed by atoms with Gasteiger partial charge < -0.3 is 26.0 Å². The van der Waals surface area contributed by atoms with Gasteiger partial charge in [0.15, 0.2) is 0 Å². The van der Waals surface area contributed by atoms with Crippen LogP contribution in [0.25, 0.3) is 0 Å². The molecule has 2 aromatic carbocycles. The molecule has 0 saturated carbocycles. The highest BCUT2D eigenvalue weighted by Gasteiger charge is 2.19. The number of amides is 3. The van der Waals surface area contributed by atoms with Crippen molar-refractivity contribution in [3.63, 3.8) is 0 Å². The quantitative estimate of drug-likeness (QED) is 0.236. The molecule has 0 bridgehead atoms. The Morgan fingerprint density at radius 1 is 0.863 bits per heavy atom. The molecule has 294 valence electrons. The Hall–Kier alpha value is -3.03. The van der Waals surface area contributed by atoms with Crippen LogP contribution in [0.15, 0.2) is 42.5 Å². The summed E-state index contributed by atoms with van der Waals surface area (Å²) in [5.74, 6) is -0.148. The zero-order valence-corrected chi connectivity index (χ0v) is 35.1. The molecule has 3 amide bonds. The number of halogens is 1. The molecule has 0 aromatic heterocycles. The van der Waals surface area contributed by atoms with Crippen molar-refractivity contribution in [1.82, 2.24) is 21.3 Å². The van der Waals surface area contributed by atoms with E-state index in [-0.39, 0.29) is 42.7 Å². The van der Waals surface area contributed by atoms with E-state index in [0.29, 0.717) is 19.6 Å². The van der Waals surface area contributed by atoms with Crippen LogP contribution in [0, 0.1) is 12.7 Å². The third-order valence-corrected chi connectivity index (χ3v) is 7.09. The summed E-state index contributed by atoms with van der Waals surface area (Å²) in [4.78, 5) is 36.2. The van der Waals surface area contributed by atoms with E-state index < -0.39 is 6.04 Å². The first-order valence-corrected chi connectivity index (χ1v) is 20.0. The summed E-state index contributed by atoms with van der Waals surface area (Å²) in [6, 6.07) is 12.6. The number of para-hydroxylation sites is 1. The van der Waals surface area contributed by atoms with Crippen molar-refractivity contribution in [3.8, 4) is 5.75 Å². The summed E-state index contributed by atoms with van der Waals surface area (Å²) in [6.07, 6.45) is 8.86. The van der Waals surface area contributed by atoms with Gasteiger partial charge >= 0.3 is 0 Å². The van der Waals surface area contributed by atoms with Gasteiger partial charge in [-0.1, -0.05) is 118 Å². The number of hydrogen-bond donors (Lipinski definition) is 4. The summed E-state index contributed by atoms with van der Waals surface area (Å²) < 4.78 is 18.9. The van der Waals surface area contributed by atoms with E-state index in [9.17, 15) is 18.8 Å². The van der Waals surface area contributed by atoms with Gasteiger partial charge in [-0.15, -0.1) is 9.24 Å². The maximum Gasteiger partial charge on any atom is 0.242 e. The first kappa shape index (κ1) is 52.3. The third kappa shape index (κ3) is 29.3. The highest BCUT2D eigenvalue weighted by atomic mass is 31.0. The van der Waals surface area contributed by atoms with Gasteiger partial charge in [-0.25, -0.2) is 4.39 Å². The normalized spacial score (nSPS) is 16.3. The largest absolute Gasteiger partial charge is 0.492 e. The lowest BCUT2D eigenvalue weighted by Gasteiger charge is -2.19. The lowest BCUT2D eigenvalue weighted by molar-refractivity contribution is -0.129. The third-order valence-electron chi connectivity index (χ3n) is 6.52. The molecule has 0 radical (unpaired) electrons. The number of benzene rings is 2. The van der Waals surface area contributed by atoms with Crippen LogP contribution in [-0.2, 0) is 27.2 Å². The number of nitrogens with one attached hydrogen (secondary N) is 4. The predicted molar refractivity (Wildman–Crippen MR) is 219 cm³/mol. The van der Waals surface area contributed by atoms with Crippen molar-refractivity contribution >= 4 is 27.0 Å². The summed E-state index contributed by atoms with van der Waals surface area (Å²) in [5, 5.41) is 11.1. The fourth-order valence-electron chi connectivity index (χ4n) is 3.97. The van der Waals surface area contributed by atoms with E-state index >= 15 is 0 Å². The Balaban J connectivity index is -0.000000818. The average molecular weight is 737 g/mol. The number of carbonyl (C=O) groups is 3. The Labute approximate surface area is 313 Å². The smallest absolute Gasteiger partial charge is 0.242 e. The average Bonchev–Trinajstić information content (AvgIpc) is 3.12. The zero-order chi connectivity index (χ0) is 39.5. The highest BCUT2D eigenvalue weighted by molar-refractivity contribution is 7.16. The zero-order valence-electron chi connectivity index (χ0n) is 34.0. The van der Waals surface area contributed by atoms with Crippen LogP contribution in [-0.4, -0.2) is 62.2 Å². The van der Waals surface area contributed by atoms with Crippen LogP contribution in [0.1, 0.15) is 124 Å². The van der Waals surface area contributed by atoms with Gasteiger partial charge in [0.2, 0.25) is 17.7 Å². The molecule has 1 aliphatic rings. The summed E-state index contributed by atoms with van der Waals surface area (Å²) >= 11 is 0. The van der Waals surface area contributed by atoms with Gasteiger partial charge in [-0.05, 0) is 74.5 Å². The predicted octanol–water partition coefficient (Wildman–Crippen LogP) is 8.33. The van der Waals surface area contributed by atoms with Crippen molar-refractivity contribution in [2.24, 2.45) is 0 Å². The molecule has 51 heavy (non-hydrogen) atoms. The van der Waals surface area contributed by atoms with Crippen molar-refractivity contribution in [3.05, 3.63) is 65.0 Å². The van der Waals surface area contributed by atoms with E-state index in [2.05, 4.69) is 72.0 Å². The first-order valence-electron chi connectivity index (χ1n) is 19.2. The maximum absolute atomic E-state index is 13.0. The molecular weight excluding hydrogens is 662 g/mol. The summed E-state index contributed by atoms with van der Waals surface area (Å²) in [6.45, 7) is 23.2. The van der Waals surface area contributed by atoms with E-state index in [1.54, 1.807) is 6.07 Å². The van der Waals surface area contributed by atoms with Crippen LogP contribution in [0.2, 0.25) is 0 Å². The van der Waals surface area contributed by atoms with Crippen LogP contribution in [0.4, 0.5) is 4.39 Å². The Kier molecular flexibility index (Phi) is 37.7. The second kappa shape index (κ2) is 36.8. The van der Waals surface area contributed by atoms with E-state index in [4.69, 9.17) is 4.74 Å². The van der Waals surface area contributed by atoms with Crippen molar-refractivity contribution in [2.45, 2.75) is 140 Å². The summed E-state index contributed by atoms with van der Waals surface area (Å²) in [5.41, 5.74) is 2.89. The lowest BCUT2D eigenvalue weighted by Crippen LogP contribution is -2.50. The number of carbonyl (C=O) groups excluding carboxylic acids is 3. The molecule has 0 saturated heterocycles. The molecule has 10 heteroatoms. The Morgan fingerprint density at radius 3 is 2.02 bits per heavy atom. The van der Waals surface area contributed by atoms with Crippen LogP contribution < -0.4 is 26.0 Å². The van der Waals surface area contributed by atoms with Gasteiger partial charge in [-0.3, -0.25) is 14.4 Å². The second-order valence-electron chi connectivity index (χ2n) is 11.9. The Morgan fingerprint density at radius 2 is 1.47 bits per heavy atom. The molecule has 0 aliphatic carbocycles. The second-order valence-corrected chi connectivity index (χ2v) is 12.5. The number of fused-ring (bicyclic) bond motifs is 1. The summed E-state index contributed by atoms with van der Waals surface area (Å²) in [7, 11) is 2.66. The van der Waals surface area contributed by atoms with Crippen LogP contribution >= 0.6 is 9.24 Å². The van der Waals surface area contributed by atoms with Crippen LogP contribution in [0.5, 0.6) is 5.75 Å². The SMILES string of the molecule is CC.CCC.CCC.CCC1NC(=O)CNC(=O)CN[C@@H](C)COc2ccccc2CCCNC1=O.CCCP.CCCc1ccc(C)cc1F. The first-order chi connectivity index (χ1) is 24.5. The monoisotopic (exact) mass is 737 g/mol. The molecule has 3 atom stereocenters. The van der Waals surface area contributed by atoms with E-state index in [1.165, 1.54) is 25.4 Å². The molecule has 0 spiro atoms. The highest BCUT2D eigenvalue weighted by Crippen LogP contribution is 2.19. The number of hydrogen-bond acceptors (Lipinski definition) is 5. The van der Waals surface area contributed by atoms with E-state index in [1.807, 2.05) is 71.0 Å². The van der Waals surface area contributed by atoms with Gasteiger partial charge in [0.1, 0.15) is 24.2 Å². The molecule has 1 aliphatic heterocycles. The molecule has 2 aromatic rings. The van der Waals surface area contributed by atoms with E-state index in [0.717, 1.165) is 48.1 Å². The van der Waals surface area contributed by atoms with Crippen molar-refractivity contribution in [1.29, 1.82) is 0 Å². The van der Waals surface area contributed by atoms with Gasteiger partial charge in [-0.2, -0.15) is 0 Å². The number of aryl methyl sites for hydroxylation is 3. The van der Waals surface area contributed by atoms with Crippen molar-refractivity contribution < 1.29 is 23.5 Å². The minimum absolute atomic E-state index is 0.0322. The fraction of sp³-hybridized carbons (Fsp3) is 0.634. The standard InChI is InChI=1S/C20H30N4O4.C10H13F.C3H9P.2C3H8.C2H6/c1-3-16-20(27)21-10-6-8-15-7-4-5-9-17(15)28-13-14(2)22-11-18(25)23-12-19(26)24-16;1-3-4-9-6-5-8(2)7-10(9)11;1-2-3-4;2*1-3-2;1-2/h4-5,7,9,14,16,22H,3,6,8,10-13H2,1-2H3,(H,21,27)(H,23,25)(H,24,26);5-7H,3-4H2,1-2H3;2-4H2,1H3;2*3H2,1-2H3;1-2H3/t14-,16?;;;;;/m0...../s1. The van der Waals surface area contributed by atoms with Crippen LogP contribution in [0.3, 0.4) is 0 Å². The minimum atomic E-state index is -0.614. The van der Waals surface area contributed by atoms with Gasteiger partial charge in [0.25, 0.3) is 0 Å². The van der Waals surface area contributed by atoms with Gasteiger partial charge in [0, 0.05) is 12.6 Å². The minimum Gasteiger partial charge on any atom is -0.492 e. The topological polar surface area (TPSA) is 109 Å². The lowest BCUT2D eigenvalue weighted by atomic mass is 10.1. The maximum atomic E-state index is 13.0. The molecule has 2 unspecified atom stereocenters. The van der Waals surface area contributed by atoms with Crippen molar-refractivity contribution in [2.75, 3.05) is 32.4 Å². The molecule has 8 nitrogen and oxygen atoms in total. The van der Waals surface area contributed by atoms with Gasteiger partial charge in [0.05, 0.1) is 13.1 Å². The number of ether oxygens (including phenoxy) is 1. The molecule has 1 heterocycles.